The highest BCUT2D eigenvalue weighted by atomic mass is 16.6. The molecule has 21 heavy (non-hydrogen) atoms. The molecular formula is C14H15N3O4. The Morgan fingerprint density at radius 3 is 2.86 bits per heavy atom. The molecule has 2 aromatic rings. The molecule has 0 unspecified atom stereocenters. The van der Waals surface area contributed by atoms with Gasteiger partial charge in [-0.1, -0.05) is 18.2 Å². The molecule has 0 atom stereocenters. The average Bonchev–Trinajstić information content (AvgIpc) is 2.89. The van der Waals surface area contributed by atoms with E-state index in [1.165, 1.54) is 10.8 Å². The third kappa shape index (κ3) is 3.26. The molecule has 1 N–H and O–H groups in total. The summed E-state index contributed by atoms with van der Waals surface area (Å²) in [4.78, 5) is 14.4. The molecule has 7 nitrogen and oxygen atoms in total. The predicted octanol–water partition coefficient (Wildman–Crippen LogP) is 1.96. The molecule has 0 fully saturated rings. The quantitative estimate of drug-likeness (QED) is 0.648. The van der Waals surface area contributed by atoms with Crippen LogP contribution in [-0.4, -0.2) is 33.3 Å². The van der Waals surface area contributed by atoms with Gasteiger partial charge in [0.1, 0.15) is 18.5 Å². The van der Waals surface area contributed by atoms with Crippen molar-refractivity contribution in [2.75, 3.05) is 13.7 Å². The molecule has 0 bridgehead atoms. The van der Waals surface area contributed by atoms with Crippen LogP contribution in [0.3, 0.4) is 0 Å². The van der Waals surface area contributed by atoms with E-state index in [2.05, 4.69) is 4.98 Å². The number of nitro groups is 1. The van der Waals surface area contributed by atoms with Gasteiger partial charge in [0.15, 0.2) is 0 Å². The Morgan fingerprint density at radius 2 is 2.19 bits per heavy atom. The normalized spacial score (nSPS) is 11.0. The van der Waals surface area contributed by atoms with Crippen molar-refractivity contribution < 1.29 is 14.8 Å². The fourth-order valence-electron chi connectivity index (χ4n) is 1.96. The van der Waals surface area contributed by atoms with Gasteiger partial charge in [-0.05, 0) is 17.1 Å². The molecular weight excluding hydrogens is 274 g/mol. The first-order valence-corrected chi connectivity index (χ1v) is 6.29. The van der Waals surface area contributed by atoms with Crippen molar-refractivity contribution in [3.05, 3.63) is 52.0 Å². The lowest BCUT2D eigenvalue weighted by Gasteiger charge is -2.03. The molecule has 0 spiro atoms. The zero-order chi connectivity index (χ0) is 15.2. The molecule has 1 aromatic carbocycles. The van der Waals surface area contributed by atoms with Crippen molar-refractivity contribution in [2.24, 2.45) is 0 Å². The summed E-state index contributed by atoms with van der Waals surface area (Å²) in [6.07, 6.45) is 4.59. The van der Waals surface area contributed by atoms with E-state index < -0.39 is 4.92 Å². The number of nitrogens with zero attached hydrogens (tertiary/aromatic N) is 3. The molecule has 7 heteroatoms. The molecule has 1 aromatic heterocycles. The van der Waals surface area contributed by atoms with Crippen LogP contribution in [0.15, 0.2) is 30.5 Å². The first kappa shape index (κ1) is 14.7. The number of aliphatic hydroxyl groups is 1. The molecule has 0 aliphatic carbocycles. The fraction of sp³-hybridized carbons (Fsp3) is 0.214. The number of rotatable bonds is 6. The number of methoxy groups -OCH3 is 1. The standard InChI is InChI=1S/C14H15N3O4/c1-21-12-5-3-2-4-11(12)6-7-13-15-10-14(17(19)20)16(13)8-9-18/h2-7,10,18H,8-9H2,1H3/b7-6+. The SMILES string of the molecule is COc1ccccc1/C=C/c1ncc([N+](=O)[O-])n1CCO. The van der Waals surface area contributed by atoms with E-state index in [0.29, 0.717) is 11.6 Å². The largest absolute Gasteiger partial charge is 0.496 e. The van der Waals surface area contributed by atoms with Crippen LogP contribution in [0.25, 0.3) is 12.2 Å². The zero-order valence-electron chi connectivity index (χ0n) is 11.5. The van der Waals surface area contributed by atoms with E-state index in [1.807, 2.05) is 24.3 Å². The number of imidazole rings is 1. The molecule has 2 rings (SSSR count). The van der Waals surface area contributed by atoms with E-state index in [1.54, 1.807) is 19.3 Å². The molecule has 1 heterocycles. The predicted molar refractivity (Wildman–Crippen MR) is 77.9 cm³/mol. The Morgan fingerprint density at radius 1 is 1.43 bits per heavy atom. The van der Waals surface area contributed by atoms with Crippen LogP contribution in [-0.2, 0) is 6.54 Å². The lowest BCUT2D eigenvalue weighted by molar-refractivity contribution is -0.392. The van der Waals surface area contributed by atoms with Crippen molar-refractivity contribution in [3.63, 3.8) is 0 Å². The monoisotopic (exact) mass is 289 g/mol. The summed E-state index contributed by atoms with van der Waals surface area (Å²) in [5.74, 6) is 0.953. The highest BCUT2D eigenvalue weighted by Crippen LogP contribution is 2.21. The van der Waals surface area contributed by atoms with Crippen LogP contribution in [0, 0.1) is 10.1 Å². The van der Waals surface area contributed by atoms with E-state index in [9.17, 15) is 10.1 Å². The summed E-state index contributed by atoms with van der Waals surface area (Å²) in [7, 11) is 1.57. The molecule has 0 saturated carbocycles. The van der Waals surface area contributed by atoms with Gasteiger partial charge >= 0.3 is 5.82 Å². The average molecular weight is 289 g/mol. The van der Waals surface area contributed by atoms with E-state index >= 15 is 0 Å². The Labute approximate surface area is 121 Å². The number of aliphatic hydroxyl groups excluding tert-OH is 1. The fourth-order valence-corrected chi connectivity index (χ4v) is 1.96. The molecule has 0 saturated heterocycles. The van der Waals surface area contributed by atoms with Crippen molar-refractivity contribution >= 4 is 18.0 Å². The van der Waals surface area contributed by atoms with Crippen LogP contribution in [0.2, 0.25) is 0 Å². The molecule has 0 amide bonds. The van der Waals surface area contributed by atoms with Crippen molar-refractivity contribution in [3.8, 4) is 5.75 Å². The van der Waals surface area contributed by atoms with E-state index in [0.717, 1.165) is 5.56 Å². The molecule has 0 aliphatic heterocycles. The van der Waals surface area contributed by atoms with E-state index in [-0.39, 0.29) is 19.0 Å². The molecule has 0 radical (unpaired) electrons. The van der Waals surface area contributed by atoms with Gasteiger partial charge in [0.2, 0.25) is 5.82 Å². The lowest BCUT2D eigenvalue weighted by atomic mass is 10.2. The highest BCUT2D eigenvalue weighted by Gasteiger charge is 2.17. The first-order chi connectivity index (χ1) is 10.2. The smallest absolute Gasteiger partial charge is 0.343 e. The van der Waals surface area contributed by atoms with Gasteiger partial charge in [-0.2, -0.15) is 0 Å². The van der Waals surface area contributed by atoms with Gasteiger partial charge in [0.05, 0.1) is 13.7 Å². The Kier molecular flexibility index (Phi) is 4.68. The maximum Gasteiger partial charge on any atom is 0.343 e. The molecule has 110 valence electrons. The summed E-state index contributed by atoms with van der Waals surface area (Å²) in [5, 5.41) is 19.9. The highest BCUT2D eigenvalue weighted by molar-refractivity contribution is 5.70. The minimum absolute atomic E-state index is 0.113. The summed E-state index contributed by atoms with van der Waals surface area (Å²) in [5.41, 5.74) is 0.834. The van der Waals surface area contributed by atoms with Crippen LogP contribution in [0.4, 0.5) is 5.82 Å². The van der Waals surface area contributed by atoms with Gasteiger partial charge in [0, 0.05) is 11.6 Å². The van der Waals surface area contributed by atoms with Crippen LogP contribution >= 0.6 is 0 Å². The Hall–Kier alpha value is -2.67. The lowest BCUT2D eigenvalue weighted by Crippen LogP contribution is -2.07. The van der Waals surface area contributed by atoms with Crippen LogP contribution in [0.1, 0.15) is 11.4 Å². The number of aromatic nitrogens is 2. The number of benzene rings is 1. The second-order valence-electron chi connectivity index (χ2n) is 4.18. The number of hydrogen-bond acceptors (Lipinski definition) is 5. The van der Waals surface area contributed by atoms with Crippen LogP contribution < -0.4 is 4.74 Å². The van der Waals surface area contributed by atoms with Gasteiger partial charge in [-0.25, -0.2) is 9.55 Å². The van der Waals surface area contributed by atoms with Gasteiger partial charge < -0.3 is 20.0 Å². The first-order valence-electron chi connectivity index (χ1n) is 6.29. The zero-order valence-corrected chi connectivity index (χ0v) is 11.5. The third-order valence-corrected chi connectivity index (χ3v) is 2.93. The summed E-state index contributed by atoms with van der Waals surface area (Å²) in [6.45, 7) is -0.0887. The summed E-state index contributed by atoms with van der Waals surface area (Å²) in [6, 6.07) is 7.41. The van der Waals surface area contributed by atoms with Crippen molar-refractivity contribution in [1.29, 1.82) is 0 Å². The molecule has 0 aliphatic rings. The second kappa shape index (κ2) is 6.67. The van der Waals surface area contributed by atoms with Gasteiger partial charge in [-0.3, -0.25) is 0 Å². The summed E-state index contributed by atoms with van der Waals surface area (Å²) >= 11 is 0. The number of ether oxygens (including phenoxy) is 1. The third-order valence-electron chi connectivity index (χ3n) is 2.93. The maximum absolute atomic E-state index is 10.9. The second-order valence-corrected chi connectivity index (χ2v) is 4.18. The van der Waals surface area contributed by atoms with Crippen molar-refractivity contribution in [1.82, 2.24) is 9.55 Å². The summed E-state index contributed by atoms with van der Waals surface area (Å²) < 4.78 is 6.58. The van der Waals surface area contributed by atoms with Gasteiger partial charge in [0.25, 0.3) is 0 Å². The Balaban J connectivity index is 2.34. The van der Waals surface area contributed by atoms with Gasteiger partial charge in [-0.15, -0.1) is 0 Å². The maximum atomic E-state index is 10.9. The van der Waals surface area contributed by atoms with Crippen LogP contribution in [0.5, 0.6) is 5.75 Å². The minimum Gasteiger partial charge on any atom is -0.496 e. The number of hydrogen-bond donors (Lipinski definition) is 1. The number of para-hydroxylation sites is 1. The minimum atomic E-state index is -0.525. The Bertz CT molecular complexity index is 664. The topological polar surface area (TPSA) is 90.4 Å². The van der Waals surface area contributed by atoms with E-state index in [4.69, 9.17) is 9.84 Å². The van der Waals surface area contributed by atoms with Crippen molar-refractivity contribution in [2.45, 2.75) is 6.54 Å².